The van der Waals surface area contributed by atoms with Crippen LogP contribution >= 0.6 is 0 Å². The Balaban J connectivity index is 2.60. The lowest BCUT2D eigenvalue weighted by Gasteiger charge is -2.11. The predicted molar refractivity (Wildman–Crippen MR) is 84.3 cm³/mol. The molecule has 1 heterocycles. The number of rotatable bonds is 4. The maximum Gasteiger partial charge on any atom is 0.281 e. The number of azo groups is 1. The van der Waals surface area contributed by atoms with Crippen LogP contribution in [0.15, 0.2) is 39.3 Å². The Bertz CT molecular complexity index is 863. The van der Waals surface area contributed by atoms with Crippen LogP contribution in [-0.2, 0) is 6.54 Å². The molecule has 0 aliphatic rings. The maximum absolute atomic E-state index is 12.4. The van der Waals surface area contributed by atoms with E-state index in [2.05, 4.69) is 10.2 Å². The van der Waals surface area contributed by atoms with Gasteiger partial charge in [0.2, 0.25) is 5.88 Å². The fourth-order valence-electron chi connectivity index (χ4n) is 2.16. The number of aliphatic hydroxyl groups is 1. The van der Waals surface area contributed by atoms with Crippen molar-refractivity contribution in [1.82, 2.24) is 4.57 Å². The van der Waals surface area contributed by atoms with Crippen LogP contribution in [0.5, 0.6) is 5.88 Å². The minimum Gasteiger partial charge on any atom is -0.493 e. The van der Waals surface area contributed by atoms with Crippen molar-refractivity contribution in [2.75, 3.05) is 6.61 Å². The number of pyridine rings is 1. The van der Waals surface area contributed by atoms with Gasteiger partial charge in [-0.25, -0.2) is 0 Å². The molecular formula is C16H16N4O3. The highest BCUT2D eigenvalue weighted by molar-refractivity contribution is 5.56. The van der Waals surface area contributed by atoms with Gasteiger partial charge in [0, 0.05) is 5.56 Å². The third-order valence-corrected chi connectivity index (χ3v) is 3.36. The third-order valence-electron chi connectivity index (χ3n) is 3.36. The van der Waals surface area contributed by atoms with Crippen LogP contribution in [0.4, 0.5) is 11.4 Å². The number of nitrogens with zero attached hydrogens (tertiary/aromatic N) is 4. The Labute approximate surface area is 132 Å². The molecule has 2 rings (SSSR count). The lowest BCUT2D eigenvalue weighted by atomic mass is 10.1. The van der Waals surface area contributed by atoms with Crippen molar-refractivity contribution in [2.45, 2.75) is 20.4 Å². The maximum atomic E-state index is 12.4. The van der Waals surface area contributed by atoms with E-state index in [1.165, 1.54) is 6.92 Å². The molecule has 0 aliphatic heterocycles. The number of benzene rings is 1. The van der Waals surface area contributed by atoms with Gasteiger partial charge in [-0.3, -0.25) is 9.36 Å². The molecule has 0 fully saturated rings. The zero-order valence-electron chi connectivity index (χ0n) is 12.8. The van der Waals surface area contributed by atoms with Gasteiger partial charge in [0.25, 0.3) is 5.56 Å². The smallest absolute Gasteiger partial charge is 0.281 e. The summed E-state index contributed by atoms with van der Waals surface area (Å²) >= 11 is 0. The summed E-state index contributed by atoms with van der Waals surface area (Å²) < 4.78 is 0.913. The first-order chi connectivity index (χ1) is 11.0. The average molecular weight is 312 g/mol. The molecule has 0 unspecified atom stereocenters. The quantitative estimate of drug-likeness (QED) is 0.844. The fraction of sp³-hybridized carbons (Fsp3) is 0.250. The van der Waals surface area contributed by atoms with Crippen molar-refractivity contribution in [2.24, 2.45) is 10.2 Å². The number of hydrogen-bond donors (Lipinski definition) is 2. The standard InChI is InChI=1S/C16H16N4O3/c1-10-4-3-5-12(8-10)18-19-14-11(2)13(9-17)15(22)20(6-7-21)16(14)23/h3-5,8,21-22H,6-7H2,1-2H3. The van der Waals surface area contributed by atoms with Crippen molar-refractivity contribution < 1.29 is 10.2 Å². The Hall–Kier alpha value is -2.98. The van der Waals surface area contributed by atoms with E-state index in [1.54, 1.807) is 12.1 Å². The highest BCUT2D eigenvalue weighted by Gasteiger charge is 2.18. The predicted octanol–water partition coefficient (Wildman–Crippen LogP) is 2.45. The summed E-state index contributed by atoms with van der Waals surface area (Å²) in [5.41, 5.74) is 1.12. The molecule has 2 aromatic rings. The second-order valence-corrected chi connectivity index (χ2v) is 5.00. The fourth-order valence-corrected chi connectivity index (χ4v) is 2.16. The van der Waals surface area contributed by atoms with E-state index in [9.17, 15) is 9.90 Å². The molecular weight excluding hydrogens is 296 g/mol. The molecule has 1 aromatic carbocycles. The van der Waals surface area contributed by atoms with E-state index in [-0.39, 0.29) is 30.0 Å². The first-order valence-corrected chi connectivity index (χ1v) is 6.95. The Morgan fingerprint density at radius 3 is 2.65 bits per heavy atom. The monoisotopic (exact) mass is 312 g/mol. The van der Waals surface area contributed by atoms with Gasteiger partial charge in [0.05, 0.1) is 18.8 Å². The van der Waals surface area contributed by atoms with Gasteiger partial charge in [0.15, 0.2) is 5.69 Å². The second-order valence-electron chi connectivity index (χ2n) is 5.00. The van der Waals surface area contributed by atoms with E-state index >= 15 is 0 Å². The van der Waals surface area contributed by atoms with E-state index in [1.807, 2.05) is 25.1 Å². The minimum atomic E-state index is -0.607. The largest absolute Gasteiger partial charge is 0.493 e. The zero-order chi connectivity index (χ0) is 17.0. The van der Waals surface area contributed by atoms with Crippen molar-refractivity contribution in [1.29, 1.82) is 5.26 Å². The number of aromatic nitrogens is 1. The number of aromatic hydroxyl groups is 1. The van der Waals surface area contributed by atoms with E-state index in [0.717, 1.165) is 10.1 Å². The molecule has 7 nitrogen and oxygen atoms in total. The van der Waals surface area contributed by atoms with Gasteiger partial charge < -0.3 is 10.2 Å². The number of aryl methyl sites for hydroxylation is 1. The van der Waals surface area contributed by atoms with Crippen LogP contribution in [0.25, 0.3) is 0 Å². The van der Waals surface area contributed by atoms with Crippen LogP contribution in [0.2, 0.25) is 0 Å². The van der Waals surface area contributed by atoms with Crippen LogP contribution < -0.4 is 5.56 Å². The normalized spacial score (nSPS) is 10.9. The van der Waals surface area contributed by atoms with Gasteiger partial charge in [-0.05, 0) is 31.5 Å². The molecule has 0 amide bonds. The lowest BCUT2D eigenvalue weighted by Crippen LogP contribution is -2.23. The second kappa shape index (κ2) is 6.85. The highest BCUT2D eigenvalue weighted by atomic mass is 16.3. The van der Waals surface area contributed by atoms with Crippen LogP contribution in [0.1, 0.15) is 16.7 Å². The molecule has 7 heteroatoms. The highest BCUT2D eigenvalue weighted by Crippen LogP contribution is 2.26. The Morgan fingerprint density at radius 1 is 1.30 bits per heavy atom. The van der Waals surface area contributed by atoms with E-state index < -0.39 is 11.4 Å². The van der Waals surface area contributed by atoms with E-state index in [4.69, 9.17) is 10.4 Å². The molecule has 23 heavy (non-hydrogen) atoms. The molecule has 0 radical (unpaired) electrons. The van der Waals surface area contributed by atoms with Gasteiger partial charge in [-0.1, -0.05) is 12.1 Å². The summed E-state index contributed by atoms with van der Waals surface area (Å²) in [6.45, 7) is 2.95. The summed E-state index contributed by atoms with van der Waals surface area (Å²) in [6, 6.07) is 9.11. The van der Waals surface area contributed by atoms with Gasteiger partial charge in [-0.15, -0.1) is 5.11 Å². The molecule has 118 valence electrons. The van der Waals surface area contributed by atoms with Gasteiger partial charge in [0.1, 0.15) is 11.6 Å². The summed E-state index contributed by atoms with van der Waals surface area (Å²) in [4.78, 5) is 12.4. The Kier molecular flexibility index (Phi) is 4.88. The zero-order valence-corrected chi connectivity index (χ0v) is 12.8. The van der Waals surface area contributed by atoms with Crippen LogP contribution in [0.3, 0.4) is 0 Å². The molecule has 0 saturated carbocycles. The molecule has 0 saturated heterocycles. The van der Waals surface area contributed by atoms with Gasteiger partial charge >= 0.3 is 0 Å². The van der Waals surface area contributed by atoms with Gasteiger partial charge in [-0.2, -0.15) is 10.4 Å². The van der Waals surface area contributed by atoms with Crippen molar-refractivity contribution >= 4 is 11.4 Å². The molecule has 1 aromatic heterocycles. The molecule has 0 bridgehead atoms. The van der Waals surface area contributed by atoms with Crippen LogP contribution in [-0.4, -0.2) is 21.4 Å². The van der Waals surface area contributed by atoms with Crippen LogP contribution in [0, 0.1) is 25.2 Å². The number of aliphatic hydroxyl groups excluding tert-OH is 1. The molecule has 0 spiro atoms. The number of hydrogen-bond acceptors (Lipinski definition) is 6. The number of nitriles is 1. The minimum absolute atomic E-state index is 0.0330. The third kappa shape index (κ3) is 3.27. The first-order valence-electron chi connectivity index (χ1n) is 6.95. The first kappa shape index (κ1) is 16.4. The SMILES string of the molecule is Cc1cccc(N=Nc2c(C)c(C#N)c(O)n(CCO)c2=O)c1. The summed E-state index contributed by atoms with van der Waals surface area (Å²) in [6.07, 6.45) is 0. The molecule has 0 aliphatic carbocycles. The Morgan fingerprint density at radius 2 is 2.04 bits per heavy atom. The van der Waals surface area contributed by atoms with Crippen molar-refractivity contribution in [3.63, 3.8) is 0 Å². The topological polar surface area (TPSA) is 111 Å². The summed E-state index contributed by atoms with van der Waals surface area (Å²) in [5, 5.41) is 36.2. The summed E-state index contributed by atoms with van der Waals surface area (Å²) in [7, 11) is 0. The molecule has 0 atom stereocenters. The summed E-state index contributed by atoms with van der Waals surface area (Å²) in [5.74, 6) is -0.474. The van der Waals surface area contributed by atoms with Crippen molar-refractivity contribution in [3.8, 4) is 11.9 Å². The van der Waals surface area contributed by atoms with Crippen molar-refractivity contribution in [3.05, 3.63) is 51.3 Å². The molecule has 2 N–H and O–H groups in total. The van der Waals surface area contributed by atoms with E-state index in [0.29, 0.717) is 5.69 Å². The lowest BCUT2D eigenvalue weighted by molar-refractivity contribution is 0.263. The average Bonchev–Trinajstić information content (AvgIpc) is 2.52.